The van der Waals surface area contributed by atoms with Crippen molar-refractivity contribution < 1.29 is 26.0 Å². The third kappa shape index (κ3) is 4.57. The minimum Gasteiger partial charge on any atom is -0.442 e. The number of aromatic amines is 1. The highest BCUT2D eigenvalue weighted by Gasteiger charge is 2.33. The molecule has 2 N–H and O–H groups in total. The maximum Gasteiger partial charge on any atom is 0.432 e. The molecule has 3 aromatic heterocycles. The molecule has 0 aliphatic carbocycles. The Kier molecular flexibility index (Phi) is 5.11. The molecule has 0 unspecified atom stereocenters. The van der Waals surface area contributed by atoms with Crippen LogP contribution in [0.1, 0.15) is 17.7 Å². The van der Waals surface area contributed by atoms with Crippen LogP contribution >= 0.6 is 0 Å². The Bertz CT molecular complexity index is 1020. The zero-order valence-electron chi connectivity index (χ0n) is 14.1. The molecule has 0 amide bonds. The zero-order chi connectivity index (χ0) is 19.7. The van der Waals surface area contributed by atoms with Gasteiger partial charge < -0.3 is 4.42 Å². The maximum absolute atomic E-state index is 12.6. The van der Waals surface area contributed by atoms with E-state index in [1.54, 1.807) is 17.9 Å². The highest BCUT2D eigenvalue weighted by Crippen LogP contribution is 2.31. The first-order valence-corrected chi connectivity index (χ1v) is 9.33. The number of aromatic nitrogens is 4. The second kappa shape index (κ2) is 7.19. The van der Waals surface area contributed by atoms with Crippen molar-refractivity contribution in [2.24, 2.45) is 7.05 Å². The summed E-state index contributed by atoms with van der Waals surface area (Å²) in [5.74, 6) is -0.0857. The molecule has 0 radical (unpaired) electrons. The van der Waals surface area contributed by atoms with E-state index in [1.165, 1.54) is 12.1 Å². The second-order valence-electron chi connectivity index (χ2n) is 5.81. The van der Waals surface area contributed by atoms with Gasteiger partial charge in [0.2, 0.25) is 5.09 Å². The maximum atomic E-state index is 12.6. The lowest BCUT2D eigenvalue weighted by Crippen LogP contribution is -2.24. The van der Waals surface area contributed by atoms with Gasteiger partial charge >= 0.3 is 6.18 Å². The van der Waals surface area contributed by atoms with Crippen molar-refractivity contribution >= 4 is 10.0 Å². The summed E-state index contributed by atoms with van der Waals surface area (Å²) < 4.78 is 71.5. The first-order chi connectivity index (χ1) is 12.6. The average molecular weight is 403 g/mol. The van der Waals surface area contributed by atoms with Crippen molar-refractivity contribution in [3.63, 3.8) is 0 Å². The molecule has 8 nitrogen and oxygen atoms in total. The van der Waals surface area contributed by atoms with Gasteiger partial charge in [0.1, 0.15) is 11.4 Å². The average Bonchev–Trinajstić information content (AvgIpc) is 3.30. The molecule has 0 saturated carbocycles. The lowest BCUT2D eigenvalue weighted by Gasteiger charge is -2.03. The molecular weight excluding hydrogens is 387 g/mol. The van der Waals surface area contributed by atoms with E-state index in [2.05, 4.69) is 14.9 Å². The predicted molar refractivity (Wildman–Crippen MR) is 88.0 cm³/mol. The summed E-state index contributed by atoms with van der Waals surface area (Å²) >= 11 is 0. The zero-order valence-corrected chi connectivity index (χ0v) is 14.9. The fourth-order valence-electron chi connectivity index (χ4n) is 2.37. The summed E-state index contributed by atoms with van der Waals surface area (Å²) in [6.07, 6.45) is 0.154. The van der Waals surface area contributed by atoms with Gasteiger partial charge in [-0.2, -0.15) is 23.4 Å². The molecule has 0 aromatic carbocycles. The Labute approximate surface area is 152 Å². The van der Waals surface area contributed by atoms with Crippen LogP contribution in [-0.4, -0.2) is 34.9 Å². The second-order valence-corrected chi connectivity index (χ2v) is 7.50. The standard InChI is InChI=1S/C15H16F3N5O3S/c1-23-9-10(8-19-23)3-2-6-20-27(24,25)14-5-4-12(26-14)11-7-13(22-21-11)15(16,17)18/h4-5,7-9,20H,2-3,6H2,1H3,(H,21,22). The number of furan rings is 1. The van der Waals surface area contributed by atoms with Gasteiger partial charge in [-0.25, -0.2) is 13.1 Å². The van der Waals surface area contributed by atoms with E-state index >= 15 is 0 Å². The predicted octanol–water partition coefficient (Wildman–Crippen LogP) is 2.33. The first kappa shape index (κ1) is 19.2. The number of H-pyrrole nitrogens is 1. The van der Waals surface area contributed by atoms with E-state index in [4.69, 9.17) is 4.42 Å². The lowest BCUT2D eigenvalue weighted by molar-refractivity contribution is -0.141. The summed E-state index contributed by atoms with van der Waals surface area (Å²) in [5.41, 5.74) is -0.205. The Morgan fingerprint density at radius 2 is 2.11 bits per heavy atom. The number of hydrogen-bond donors (Lipinski definition) is 2. The monoisotopic (exact) mass is 403 g/mol. The van der Waals surface area contributed by atoms with Gasteiger partial charge in [-0.3, -0.25) is 9.78 Å². The molecular formula is C15H16F3N5O3S. The van der Waals surface area contributed by atoms with Crippen molar-refractivity contribution in [2.75, 3.05) is 6.54 Å². The van der Waals surface area contributed by atoms with Crippen molar-refractivity contribution in [1.82, 2.24) is 24.7 Å². The molecule has 0 spiro atoms. The summed E-state index contributed by atoms with van der Waals surface area (Å²) in [7, 11) is -2.13. The molecule has 12 heteroatoms. The van der Waals surface area contributed by atoms with Crippen molar-refractivity contribution in [3.8, 4) is 11.5 Å². The van der Waals surface area contributed by atoms with Gasteiger partial charge in [0, 0.05) is 19.8 Å². The van der Waals surface area contributed by atoms with Crippen LogP contribution in [0.25, 0.3) is 11.5 Å². The number of rotatable bonds is 7. The number of halogens is 3. The topological polar surface area (TPSA) is 106 Å². The van der Waals surface area contributed by atoms with Crippen LogP contribution in [-0.2, 0) is 29.7 Å². The highest BCUT2D eigenvalue weighted by molar-refractivity contribution is 7.89. The molecule has 0 bridgehead atoms. The molecule has 146 valence electrons. The van der Waals surface area contributed by atoms with E-state index in [1.807, 2.05) is 11.3 Å². The normalized spacial score (nSPS) is 12.6. The van der Waals surface area contributed by atoms with Crippen LogP contribution < -0.4 is 4.72 Å². The smallest absolute Gasteiger partial charge is 0.432 e. The van der Waals surface area contributed by atoms with Crippen LogP contribution in [0.3, 0.4) is 0 Å². The molecule has 3 aromatic rings. The van der Waals surface area contributed by atoms with Crippen LogP contribution in [0.4, 0.5) is 13.2 Å². The van der Waals surface area contributed by atoms with E-state index in [0.717, 1.165) is 11.6 Å². The van der Waals surface area contributed by atoms with Crippen LogP contribution in [0.2, 0.25) is 0 Å². The number of sulfonamides is 1. The van der Waals surface area contributed by atoms with Gasteiger partial charge in [0.05, 0.1) is 6.20 Å². The number of hydrogen-bond acceptors (Lipinski definition) is 5. The van der Waals surface area contributed by atoms with Crippen molar-refractivity contribution in [2.45, 2.75) is 24.1 Å². The molecule has 0 aliphatic rings. The quantitative estimate of drug-likeness (QED) is 0.589. The fraction of sp³-hybridized carbons (Fsp3) is 0.333. The summed E-state index contributed by atoms with van der Waals surface area (Å²) in [6.45, 7) is 0.174. The molecule has 0 atom stereocenters. The van der Waals surface area contributed by atoms with E-state index in [0.29, 0.717) is 12.8 Å². The minimum absolute atomic E-state index is 0.0857. The van der Waals surface area contributed by atoms with Crippen LogP contribution in [0, 0.1) is 0 Å². The lowest BCUT2D eigenvalue weighted by atomic mass is 10.2. The molecule has 0 fully saturated rings. The largest absolute Gasteiger partial charge is 0.442 e. The molecule has 27 heavy (non-hydrogen) atoms. The molecule has 3 heterocycles. The number of alkyl halides is 3. The number of aryl methyl sites for hydroxylation is 2. The third-order valence-electron chi connectivity index (χ3n) is 3.67. The van der Waals surface area contributed by atoms with Crippen molar-refractivity contribution in [1.29, 1.82) is 0 Å². The Hall–Kier alpha value is -2.60. The Balaban J connectivity index is 1.61. The Morgan fingerprint density at radius 3 is 2.74 bits per heavy atom. The van der Waals surface area contributed by atoms with Crippen molar-refractivity contribution in [3.05, 3.63) is 41.9 Å². The molecule has 3 rings (SSSR count). The summed E-state index contributed by atoms with van der Waals surface area (Å²) in [4.78, 5) is 0. The van der Waals surface area contributed by atoms with E-state index in [-0.39, 0.29) is 18.0 Å². The van der Waals surface area contributed by atoms with Crippen LogP contribution in [0.5, 0.6) is 0 Å². The number of nitrogens with zero attached hydrogens (tertiary/aromatic N) is 3. The minimum atomic E-state index is -4.58. The third-order valence-corrected chi connectivity index (χ3v) is 5.01. The van der Waals surface area contributed by atoms with Gasteiger partial charge in [-0.1, -0.05) is 0 Å². The van der Waals surface area contributed by atoms with Gasteiger partial charge in [0.15, 0.2) is 5.76 Å². The van der Waals surface area contributed by atoms with E-state index in [9.17, 15) is 21.6 Å². The Morgan fingerprint density at radius 1 is 1.33 bits per heavy atom. The first-order valence-electron chi connectivity index (χ1n) is 7.85. The summed E-state index contributed by atoms with van der Waals surface area (Å²) in [5, 5.41) is 8.97. The summed E-state index contributed by atoms with van der Waals surface area (Å²) in [6, 6.07) is 3.16. The fourth-order valence-corrected chi connectivity index (χ4v) is 3.37. The SMILES string of the molecule is Cn1cc(CCCNS(=O)(=O)c2ccc(-c3cc(C(F)(F)F)[nH]n3)o2)cn1. The molecule has 0 aliphatic heterocycles. The molecule has 0 saturated heterocycles. The van der Waals surface area contributed by atoms with Gasteiger partial charge in [-0.05, 0) is 36.6 Å². The number of nitrogens with one attached hydrogen (secondary N) is 2. The van der Waals surface area contributed by atoms with Gasteiger partial charge in [0.25, 0.3) is 10.0 Å². The van der Waals surface area contributed by atoms with Crippen LogP contribution in [0.15, 0.2) is 40.1 Å². The van der Waals surface area contributed by atoms with Gasteiger partial charge in [-0.15, -0.1) is 0 Å². The van der Waals surface area contributed by atoms with E-state index < -0.39 is 27.0 Å². The highest BCUT2D eigenvalue weighted by atomic mass is 32.2.